The largest absolute Gasteiger partial charge is 0.310 e. The van der Waals surface area contributed by atoms with Crippen molar-refractivity contribution in [1.29, 1.82) is 0 Å². The van der Waals surface area contributed by atoms with Crippen molar-refractivity contribution in [2.24, 2.45) is 0 Å². The number of anilines is 6. The van der Waals surface area contributed by atoms with E-state index in [1.165, 1.54) is 142 Å². The lowest BCUT2D eigenvalue weighted by Crippen LogP contribution is -2.17. The Morgan fingerprint density at radius 2 is 0.532 bits per heavy atom. The van der Waals surface area contributed by atoms with Crippen LogP contribution in [0.5, 0.6) is 0 Å². The Balaban J connectivity index is 0.824. The monoisotopic (exact) mass is 1200 g/mol. The molecule has 2 nitrogen and oxygen atoms in total. The molecule has 0 saturated carbocycles. The molecule has 19 rings (SSSR count). The summed E-state index contributed by atoms with van der Waals surface area (Å²) in [6.45, 7) is 9.72. The second-order valence-electron chi connectivity index (χ2n) is 27.1. The molecule has 0 saturated heterocycles. The van der Waals surface area contributed by atoms with E-state index in [2.05, 4.69) is 353 Å². The van der Waals surface area contributed by atoms with Crippen LogP contribution in [0.1, 0.15) is 49.9 Å². The fraction of sp³-hybridized carbons (Fsp3) is 0.0652. The molecule has 17 aromatic carbocycles. The minimum absolute atomic E-state index is 0.300. The second-order valence-corrected chi connectivity index (χ2v) is 27.1. The van der Waals surface area contributed by atoms with Gasteiger partial charge in [0.2, 0.25) is 0 Å². The van der Waals surface area contributed by atoms with Gasteiger partial charge in [0, 0.05) is 49.7 Å². The van der Waals surface area contributed by atoms with Crippen molar-refractivity contribution in [1.82, 2.24) is 0 Å². The molecule has 0 N–H and O–H groups in total. The number of rotatable bonds is 8. The molecule has 0 radical (unpaired) electrons. The molecule has 0 atom stereocenters. The summed E-state index contributed by atoms with van der Waals surface area (Å²) in [5, 5.41) is 20.2. The van der Waals surface area contributed by atoms with Gasteiger partial charge < -0.3 is 9.80 Å². The van der Waals surface area contributed by atoms with E-state index in [-0.39, 0.29) is 10.8 Å². The summed E-state index contributed by atoms with van der Waals surface area (Å²) in [4.78, 5) is 5.08. The number of hydrogen-bond acceptors (Lipinski definition) is 2. The van der Waals surface area contributed by atoms with Crippen LogP contribution in [0.4, 0.5) is 34.1 Å². The maximum Gasteiger partial charge on any atom is 0.0619 e. The molecular formula is C92H64N2. The van der Waals surface area contributed by atoms with Crippen LogP contribution in [0.3, 0.4) is 0 Å². The van der Waals surface area contributed by atoms with Crippen LogP contribution in [0, 0.1) is 0 Å². The number of hydrogen-bond donors (Lipinski definition) is 0. The summed E-state index contributed by atoms with van der Waals surface area (Å²) in [6.07, 6.45) is 0. The predicted octanol–water partition coefficient (Wildman–Crippen LogP) is 25.8. The van der Waals surface area contributed by atoms with Gasteiger partial charge in [0.05, 0.1) is 11.4 Å². The van der Waals surface area contributed by atoms with Crippen LogP contribution in [0.25, 0.3) is 131 Å². The van der Waals surface area contributed by atoms with Gasteiger partial charge in [-0.25, -0.2) is 0 Å². The number of nitrogens with zero attached hydrogens (tertiary/aromatic N) is 2. The van der Waals surface area contributed by atoms with E-state index < -0.39 is 0 Å². The van der Waals surface area contributed by atoms with E-state index in [1.807, 2.05) is 0 Å². The summed E-state index contributed by atoms with van der Waals surface area (Å²) >= 11 is 0. The van der Waals surface area contributed by atoms with Gasteiger partial charge in [-0.3, -0.25) is 0 Å². The van der Waals surface area contributed by atoms with Gasteiger partial charge in [-0.2, -0.15) is 0 Å². The molecule has 0 spiro atoms. The fourth-order valence-electron chi connectivity index (χ4n) is 16.7. The van der Waals surface area contributed by atoms with Gasteiger partial charge >= 0.3 is 0 Å². The van der Waals surface area contributed by atoms with Crippen molar-refractivity contribution in [3.8, 4) is 44.5 Å². The first-order chi connectivity index (χ1) is 46.1. The van der Waals surface area contributed by atoms with Crippen molar-refractivity contribution < 1.29 is 0 Å². The van der Waals surface area contributed by atoms with Gasteiger partial charge in [-0.15, -0.1) is 0 Å². The molecule has 0 bridgehead atoms. The standard InChI is InChI=1S/C92H64N2/c1-91(2)85-51-64(46-48-75(85)82-53-78-71-32-17-13-28-67(71)69-30-15-19-34-73(69)80(78)55-87(82)91)93(62-42-38-59(39-43-62)57-22-7-5-8-23-57)89-37-21-36-77-84(89)50-61-26-11-12-27-66(61)90(77)94(63-44-40-60(41-45-63)58-24-9-6-10-25-58)65-47-49-76-83-54-79-72-33-18-14-29-68(72)70-31-16-20-35-74(70)81(79)56-88(83)92(3,4)86(76)52-65/h5-56H,1-4H3. The Morgan fingerprint density at radius 1 is 0.202 bits per heavy atom. The first-order valence-corrected chi connectivity index (χ1v) is 33.0. The van der Waals surface area contributed by atoms with Crippen molar-refractivity contribution in [2.45, 2.75) is 38.5 Å². The molecule has 94 heavy (non-hydrogen) atoms. The summed E-state index contributed by atoms with van der Waals surface area (Å²) in [5.74, 6) is 0. The van der Waals surface area contributed by atoms with Gasteiger partial charge in [0.15, 0.2) is 0 Å². The van der Waals surface area contributed by atoms with Gasteiger partial charge in [0.1, 0.15) is 0 Å². The predicted molar refractivity (Wildman–Crippen MR) is 402 cm³/mol. The highest BCUT2D eigenvalue weighted by Crippen LogP contribution is 2.57. The van der Waals surface area contributed by atoms with Gasteiger partial charge in [-0.1, -0.05) is 258 Å². The highest BCUT2D eigenvalue weighted by Gasteiger charge is 2.39. The molecule has 0 aromatic heterocycles. The van der Waals surface area contributed by atoms with Gasteiger partial charge in [0.25, 0.3) is 0 Å². The lowest BCUT2D eigenvalue weighted by atomic mass is 9.81. The zero-order valence-corrected chi connectivity index (χ0v) is 52.9. The summed E-state index contributed by atoms with van der Waals surface area (Å²) in [7, 11) is 0. The Hall–Kier alpha value is -11.6. The van der Waals surface area contributed by atoms with Crippen molar-refractivity contribution in [2.75, 3.05) is 9.80 Å². The van der Waals surface area contributed by atoms with Crippen LogP contribution in [0.15, 0.2) is 315 Å². The molecular weight excluding hydrogens is 1130 g/mol. The third kappa shape index (κ3) is 8.02. The highest BCUT2D eigenvalue weighted by molar-refractivity contribution is 6.28. The third-order valence-electron chi connectivity index (χ3n) is 21.3. The summed E-state index contributed by atoms with van der Waals surface area (Å²) < 4.78 is 0. The van der Waals surface area contributed by atoms with E-state index in [9.17, 15) is 0 Å². The average Bonchev–Trinajstić information content (AvgIpc) is 1.49. The van der Waals surface area contributed by atoms with Crippen LogP contribution in [-0.2, 0) is 10.8 Å². The molecule has 442 valence electrons. The first-order valence-electron chi connectivity index (χ1n) is 33.0. The normalized spacial score (nSPS) is 13.5. The topological polar surface area (TPSA) is 6.48 Å². The van der Waals surface area contributed by atoms with Crippen LogP contribution in [0.2, 0.25) is 0 Å². The minimum atomic E-state index is -0.309. The molecule has 0 fully saturated rings. The molecule has 0 amide bonds. The van der Waals surface area contributed by atoms with E-state index >= 15 is 0 Å². The maximum atomic E-state index is 2.56. The molecule has 17 aromatic rings. The SMILES string of the molecule is CC1(C)c2cc(N(c3ccc(-c4ccccc4)cc3)c3cccc4c(N(c5ccc(-c6ccccc6)cc5)c5ccc6c(c5)C(C)(C)c5cc7c8ccccc8c8ccccc8c7cc5-6)c5ccccc5cc34)ccc2-c2cc3c4ccccc4c4ccccc4c3cc21. The zero-order chi connectivity index (χ0) is 62.6. The number of fused-ring (bicyclic) bond motifs is 20. The van der Waals surface area contributed by atoms with Crippen molar-refractivity contribution in [3.05, 3.63) is 338 Å². The van der Waals surface area contributed by atoms with E-state index in [0.29, 0.717) is 0 Å². The Morgan fingerprint density at radius 3 is 0.979 bits per heavy atom. The molecule has 2 aliphatic rings. The summed E-state index contributed by atoms with van der Waals surface area (Å²) in [5.41, 5.74) is 21.3. The second kappa shape index (κ2) is 20.5. The Bertz CT molecular complexity index is 6020. The Kier molecular flexibility index (Phi) is 11.8. The number of benzene rings is 17. The quantitative estimate of drug-likeness (QED) is 0.111. The molecule has 0 heterocycles. The van der Waals surface area contributed by atoms with E-state index in [1.54, 1.807) is 0 Å². The van der Waals surface area contributed by atoms with Gasteiger partial charge in [-0.05, 0) is 222 Å². The molecule has 2 aliphatic carbocycles. The average molecular weight is 1200 g/mol. The summed E-state index contributed by atoms with van der Waals surface area (Å²) in [6, 6.07) is 119. The maximum absolute atomic E-state index is 2.56. The third-order valence-corrected chi connectivity index (χ3v) is 21.3. The van der Waals surface area contributed by atoms with E-state index in [4.69, 9.17) is 0 Å². The minimum Gasteiger partial charge on any atom is -0.310 e. The molecule has 2 heteroatoms. The smallest absolute Gasteiger partial charge is 0.0619 e. The lowest BCUT2D eigenvalue weighted by molar-refractivity contribution is 0.661. The van der Waals surface area contributed by atoms with Crippen LogP contribution >= 0.6 is 0 Å². The Labute approximate surface area is 547 Å². The highest BCUT2D eigenvalue weighted by atomic mass is 15.2. The van der Waals surface area contributed by atoms with E-state index in [0.717, 1.165) is 44.9 Å². The first kappa shape index (κ1) is 54.2. The van der Waals surface area contributed by atoms with Crippen molar-refractivity contribution >= 4 is 120 Å². The lowest BCUT2D eigenvalue weighted by Gasteiger charge is -2.32. The van der Waals surface area contributed by atoms with Crippen LogP contribution < -0.4 is 9.80 Å². The van der Waals surface area contributed by atoms with Crippen LogP contribution in [-0.4, -0.2) is 0 Å². The zero-order valence-electron chi connectivity index (χ0n) is 52.9. The fourth-order valence-corrected chi connectivity index (χ4v) is 16.7. The molecule has 0 aliphatic heterocycles. The van der Waals surface area contributed by atoms with Crippen molar-refractivity contribution in [3.63, 3.8) is 0 Å². The molecule has 0 unspecified atom stereocenters.